The number of benzene rings is 2. The molecule has 2 aromatic carbocycles. The van der Waals surface area contributed by atoms with Gasteiger partial charge in [-0.2, -0.15) is 0 Å². The monoisotopic (exact) mass is 275 g/mol. The van der Waals surface area contributed by atoms with Gasteiger partial charge in [0.25, 0.3) is 5.91 Å². The second-order valence-corrected chi connectivity index (χ2v) is 4.86. The van der Waals surface area contributed by atoms with Crippen molar-refractivity contribution < 1.29 is 13.9 Å². The Balaban J connectivity index is 2.43. The third kappa shape index (κ3) is 2.65. The SMILES string of the molecule is COCC(C)N(C)C(=O)c1ccc(F)c2ccccc12. The maximum absolute atomic E-state index is 13.8. The van der Waals surface area contributed by atoms with E-state index < -0.39 is 0 Å². The summed E-state index contributed by atoms with van der Waals surface area (Å²) in [6, 6.07) is 9.84. The third-order valence-corrected chi connectivity index (χ3v) is 3.49. The summed E-state index contributed by atoms with van der Waals surface area (Å²) in [5.74, 6) is -0.449. The van der Waals surface area contributed by atoms with Crippen molar-refractivity contribution in [1.82, 2.24) is 4.90 Å². The molecule has 0 saturated heterocycles. The maximum Gasteiger partial charge on any atom is 0.254 e. The van der Waals surface area contributed by atoms with Gasteiger partial charge in [-0.3, -0.25) is 4.79 Å². The molecule has 0 radical (unpaired) electrons. The normalized spacial score (nSPS) is 12.4. The first-order valence-corrected chi connectivity index (χ1v) is 6.49. The first kappa shape index (κ1) is 14.5. The number of hydrogen-bond acceptors (Lipinski definition) is 2. The largest absolute Gasteiger partial charge is 0.383 e. The predicted octanol–water partition coefficient (Wildman–Crippen LogP) is 3.09. The van der Waals surface area contributed by atoms with Crippen LogP contribution in [-0.2, 0) is 4.74 Å². The van der Waals surface area contributed by atoms with Crippen LogP contribution in [0, 0.1) is 5.82 Å². The van der Waals surface area contributed by atoms with E-state index in [0.29, 0.717) is 22.9 Å². The van der Waals surface area contributed by atoms with Crippen LogP contribution < -0.4 is 0 Å². The molecule has 106 valence electrons. The number of carbonyl (C=O) groups excluding carboxylic acids is 1. The second kappa shape index (κ2) is 6.01. The van der Waals surface area contributed by atoms with Gasteiger partial charge in [0, 0.05) is 25.1 Å². The number of amides is 1. The van der Waals surface area contributed by atoms with Gasteiger partial charge in [-0.15, -0.1) is 0 Å². The van der Waals surface area contributed by atoms with Crippen molar-refractivity contribution in [3.63, 3.8) is 0 Å². The summed E-state index contributed by atoms with van der Waals surface area (Å²) in [5.41, 5.74) is 0.507. The Morgan fingerprint density at radius 1 is 1.25 bits per heavy atom. The fourth-order valence-electron chi connectivity index (χ4n) is 2.19. The smallest absolute Gasteiger partial charge is 0.254 e. The number of carbonyl (C=O) groups is 1. The number of nitrogens with zero attached hydrogens (tertiary/aromatic N) is 1. The fraction of sp³-hybridized carbons (Fsp3) is 0.312. The van der Waals surface area contributed by atoms with Crippen LogP contribution in [0.2, 0.25) is 0 Å². The molecule has 0 heterocycles. The zero-order valence-corrected chi connectivity index (χ0v) is 11.9. The van der Waals surface area contributed by atoms with Gasteiger partial charge in [0.2, 0.25) is 0 Å². The van der Waals surface area contributed by atoms with Crippen molar-refractivity contribution >= 4 is 16.7 Å². The highest BCUT2D eigenvalue weighted by Gasteiger charge is 2.20. The first-order valence-electron chi connectivity index (χ1n) is 6.49. The summed E-state index contributed by atoms with van der Waals surface area (Å²) in [4.78, 5) is 14.1. The highest BCUT2D eigenvalue weighted by molar-refractivity contribution is 6.07. The Morgan fingerprint density at radius 3 is 2.55 bits per heavy atom. The number of halogens is 1. The van der Waals surface area contributed by atoms with Crippen LogP contribution in [-0.4, -0.2) is 37.6 Å². The lowest BCUT2D eigenvalue weighted by Crippen LogP contribution is -2.37. The molecule has 2 rings (SSSR count). The Bertz CT molecular complexity index is 627. The fourth-order valence-corrected chi connectivity index (χ4v) is 2.19. The topological polar surface area (TPSA) is 29.5 Å². The number of likely N-dealkylation sites (N-methyl/N-ethyl adjacent to an activating group) is 1. The molecule has 1 unspecified atom stereocenters. The number of fused-ring (bicyclic) bond motifs is 1. The van der Waals surface area contributed by atoms with Crippen molar-refractivity contribution in [2.24, 2.45) is 0 Å². The minimum absolute atomic E-state index is 0.0451. The van der Waals surface area contributed by atoms with Crippen molar-refractivity contribution in [1.29, 1.82) is 0 Å². The number of hydrogen-bond donors (Lipinski definition) is 0. The van der Waals surface area contributed by atoms with Crippen LogP contribution in [0.5, 0.6) is 0 Å². The molecule has 0 aromatic heterocycles. The minimum Gasteiger partial charge on any atom is -0.383 e. The van der Waals surface area contributed by atoms with Gasteiger partial charge in [-0.25, -0.2) is 4.39 Å². The van der Waals surface area contributed by atoms with E-state index in [0.717, 1.165) is 0 Å². The zero-order valence-electron chi connectivity index (χ0n) is 11.9. The lowest BCUT2D eigenvalue weighted by atomic mass is 10.0. The average Bonchev–Trinajstić information content (AvgIpc) is 2.47. The molecule has 3 nitrogen and oxygen atoms in total. The molecule has 20 heavy (non-hydrogen) atoms. The molecule has 0 fully saturated rings. The van der Waals surface area contributed by atoms with Crippen molar-refractivity contribution in [3.8, 4) is 0 Å². The third-order valence-electron chi connectivity index (χ3n) is 3.49. The number of methoxy groups -OCH3 is 1. The lowest BCUT2D eigenvalue weighted by molar-refractivity contribution is 0.0635. The van der Waals surface area contributed by atoms with Gasteiger partial charge in [0.15, 0.2) is 0 Å². The molecule has 0 aliphatic rings. The van der Waals surface area contributed by atoms with Gasteiger partial charge in [-0.05, 0) is 24.4 Å². The van der Waals surface area contributed by atoms with Gasteiger partial charge in [0.05, 0.1) is 12.6 Å². The van der Waals surface area contributed by atoms with Crippen LogP contribution in [0.3, 0.4) is 0 Å². The molecule has 0 bridgehead atoms. The Morgan fingerprint density at radius 2 is 1.90 bits per heavy atom. The van der Waals surface area contributed by atoms with Crippen molar-refractivity contribution in [2.75, 3.05) is 20.8 Å². The summed E-state index contributed by atoms with van der Waals surface area (Å²) in [6.45, 7) is 2.37. The molecule has 0 saturated carbocycles. The van der Waals surface area contributed by atoms with E-state index >= 15 is 0 Å². The molecule has 0 aliphatic carbocycles. The summed E-state index contributed by atoms with van der Waals surface area (Å²) < 4.78 is 18.8. The minimum atomic E-state index is -0.315. The van der Waals surface area contributed by atoms with E-state index in [4.69, 9.17) is 4.74 Å². The second-order valence-electron chi connectivity index (χ2n) is 4.86. The molecule has 0 aliphatic heterocycles. The lowest BCUT2D eigenvalue weighted by Gasteiger charge is -2.25. The first-order chi connectivity index (χ1) is 9.56. The summed E-state index contributed by atoms with van der Waals surface area (Å²) in [6.07, 6.45) is 0. The van der Waals surface area contributed by atoms with Gasteiger partial charge in [-0.1, -0.05) is 24.3 Å². The van der Waals surface area contributed by atoms with Gasteiger partial charge >= 0.3 is 0 Å². The zero-order chi connectivity index (χ0) is 14.7. The van der Waals surface area contributed by atoms with Crippen LogP contribution in [0.25, 0.3) is 10.8 Å². The van der Waals surface area contributed by atoms with Gasteiger partial charge in [0.1, 0.15) is 5.82 Å². The van der Waals surface area contributed by atoms with E-state index in [9.17, 15) is 9.18 Å². The van der Waals surface area contributed by atoms with E-state index in [-0.39, 0.29) is 17.8 Å². The molecule has 4 heteroatoms. The highest BCUT2D eigenvalue weighted by atomic mass is 19.1. The molecule has 1 atom stereocenters. The summed E-state index contributed by atoms with van der Waals surface area (Å²) >= 11 is 0. The maximum atomic E-state index is 13.8. The number of rotatable bonds is 4. The quantitative estimate of drug-likeness (QED) is 0.858. The molecular weight excluding hydrogens is 257 g/mol. The van der Waals surface area contributed by atoms with Crippen LogP contribution >= 0.6 is 0 Å². The Kier molecular flexibility index (Phi) is 4.35. The van der Waals surface area contributed by atoms with E-state index in [1.165, 1.54) is 12.1 Å². The van der Waals surface area contributed by atoms with E-state index in [1.54, 1.807) is 43.3 Å². The van der Waals surface area contributed by atoms with Gasteiger partial charge < -0.3 is 9.64 Å². The molecule has 0 N–H and O–H groups in total. The Hall–Kier alpha value is -1.94. The van der Waals surface area contributed by atoms with Crippen LogP contribution in [0.1, 0.15) is 17.3 Å². The summed E-state index contributed by atoms with van der Waals surface area (Å²) in [5, 5.41) is 1.10. The average molecular weight is 275 g/mol. The van der Waals surface area contributed by atoms with E-state index in [2.05, 4.69) is 0 Å². The highest BCUT2D eigenvalue weighted by Crippen LogP contribution is 2.23. The molecular formula is C16H18FNO2. The summed E-state index contributed by atoms with van der Waals surface area (Å²) in [7, 11) is 3.33. The molecule has 1 amide bonds. The molecule has 2 aromatic rings. The predicted molar refractivity (Wildman–Crippen MR) is 77.3 cm³/mol. The Labute approximate surface area is 118 Å². The molecule has 0 spiro atoms. The number of ether oxygens (including phenoxy) is 1. The van der Waals surface area contributed by atoms with Crippen molar-refractivity contribution in [3.05, 3.63) is 47.8 Å². The standard InChI is InChI=1S/C16H18FNO2/c1-11(10-20-3)18(2)16(19)14-8-9-15(17)13-7-5-4-6-12(13)14/h4-9,11H,10H2,1-3H3. The van der Waals surface area contributed by atoms with Crippen LogP contribution in [0.4, 0.5) is 4.39 Å². The van der Waals surface area contributed by atoms with Crippen LogP contribution in [0.15, 0.2) is 36.4 Å². The van der Waals surface area contributed by atoms with E-state index in [1.807, 2.05) is 6.92 Å². The van der Waals surface area contributed by atoms with Crippen molar-refractivity contribution in [2.45, 2.75) is 13.0 Å².